The van der Waals surface area contributed by atoms with E-state index in [1.54, 1.807) is 12.1 Å². The first kappa shape index (κ1) is 14.8. The van der Waals surface area contributed by atoms with Gasteiger partial charge in [-0.2, -0.15) is 0 Å². The molecule has 20 heavy (non-hydrogen) atoms. The molecule has 0 heterocycles. The number of halogens is 2. The topological polar surface area (TPSA) is 29.3 Å². The third-order valence-electron chi connectivity index (χ3n) is 3.37. The fourth-order valence-corrected chi connectivity index (χ4v) is 2.67. The Hall–Kier alpha value is -1.58. The van der Waals surface area contributed by atoms with Crippen molar-refractivity contribution in [2.24, 2.45) is 5.73 Å². The molecule has 0 saturated heterocycles. The van der Waals surface area contributed by atoms with E-state index < -0.39 is 0 Å². The number of anilines is 1. The summed E-state index contributed by atoms with van der Waals surface area (Å²) in [5, 5.41) is 0.651. The minimum Gasteiger partial charge on any atom is -0.361 e. The summed E-state index contributed by atoms with van der Waals surface area (Å²) in [6.07, 6.45) is 0. The van der Waals surface area contributed by atoms with Gasteiger partial charge in [-0.1, -0.05) is 41.9 Å². The van der Waals surface area contributed by atoms with Crippen LogP contribution >= 0.6 is 11.6 Å². The average Bonchev–Trinajstić information content (AvgIpc) is 2.47. The smallest absolute Gasteiger partial charge is 0.146 e. The summed E-state index contributed by atoms with van der Waals surface area (Å²) in [7, 11) is 0. The lowest BCUT2D eigenvalue weighted by molar-refractivity contribution is 0.588. The molecule has 106 valence electrons. The van der Waals surface area contributed by atoms with Crippen LogP contribution in [0.25, 0.3) is 0 Å². The molecule has 0 radical (unpaired) electrons. The molecular formula is C16H18ClFN2. The van der Waals surface area contributed by atoms with Gasteiger partial charge in [0.25, 0.3) is 0 Å². The molecule has 0 aliphatic heterocycles. The number of nitrogens with two attached hydrogens (primary N) is 1. The van der Waals surface area contributed by atoms with Crippen molar-refractivity contribution in [1.29, 1.82) is 0 Å². The van der Waals surface area contributed by atoms with E-state index in [0.717, 1.165) is 5.56 Å². The monoisotopic (exact) mass is 292 g/mol. The van der Waals surface area contributed by atoms with Crippen LogP contribution < -0.4 is 10.6 Å². The first-order valence-electron chi connectivity index (χ1n) is 6.64. The Kier molecular flexibility index (Phi) is 4.99. The van der Waals surface area contributed by atoms with Crippen LogP contribution in [0.1, 0.15) is 18.5 Å². The van der Waals surface area contributed by atoms with E-state index in [9.17, 15) is 4.39 Å². The Bertz CT molecular complexity index is 522. The summed E-state index contributed by atoms with van der Waals surface area (Å²) in [6.45, 7) is 2.99. The molecule has 4 heteroatoms. The van der Waals surface area contributed by atoms with Crippen molar-refractivity contribution < 1.29 is 4.39 Å². The molecule has 1 unspecified atom stereocenters. The molecule has 2 N–H and O–H groups in total. The van der Waals surface area contributed by atoms with Gasteiger partial charge < -0.3 is 10.6 Å². The van der Waals surface area contributed by atoms with Gasteiger partial charge in [0.05, 0.1) is 11.7 Å². The number of para-hydroxylation sites is 1. The van der Waals surface area contributed by atoms with E-state index in [4.69, 9.17) is 17.3 Å². The van der Waals surface area contributed by atoms with E-state index in [2.05, 4.69) is 0 Å². The Morgan fingerprint density at radius 2 is 1.80 bits per heavy atom. The first-order chi connectivity index (χ1) is 9.69. The maximum absolute atomic E-state index is 14.0. The van der Waals surface area contributed by atoms with Gasteiger partial charge in [0.1, 0.15) is 5.82 Å². The van der Waals surface area contributed by atoms with Gasteiger partial charge in [-0.05, 0) is 30.7 Å². The SMILES string of the molecule is CCN(c1ccccc1F)C(CN)c1ccccc1Cl. The van der Waals surface area contributed by atoms with Gasteiger partial charge in [-0.25, -0.2) is 4.39 Å². The highest BCUT2D eigenvalue weighted by Gasteiger charge is 2.22. The van der Waals surface area contributed by atoms with Gasteiger partial charge in [0.15, 0.2) is 0 Å². The maximum Gasteiger partial charge on any atom is 0.146 e. The molecule has 0 saturated carbocycles. The van der Waals surface area contributed by atoms with E-state index in [-0.39, 0.29) is 11.9 Å². The fraction of sp³-hybridized carbons (Fsp3) is 0.250. The Morgan fingerprint density at radius 3 is 2.40 bits per heavy atom. The second-order valence-electron chi connectivity index (χ2n) is 4.51. The van der Waals surface area contributed by atoms with Crippen molar-refractivity contribution >= 4 is 17.3 Å². The highest BCUT2D eigenvalue weighted by Crippen LogP contribution is 2.31. The Labute approximate surface area is 124 Å². The van der Waals surface area contributed by atoms with Crippen LogP contribution in [0.3, 0.4) is 0 Å². The second-order valence-corrected chi connectivity index (χ2v) is 4.92. The number of benzene rings is 2. The van der Waals surface area contributed by atoms with Crippen molar-refractivity contribution in [3.05, 3.63) is 64.9 Å². The first-order valence-corrected chi connectivity index (χ1v) is 7.02. The van der Waals surface area contributed by atoms with Crippen molar-refractivity contribution in [1.82, 2.24) is 0 Å². The molecule has 0 aliphatic carbocycles. The molecule has 0 aromatic heterocycles. The summed E-state index contributed by atoms with van der Waals surface area (Å²) >= 11 is 6.25. The molecule has 0 amide bonds. The van der Waals surface area contributed by atoms with E-state index in [0.29, 0.717) is 23.8 Å². The zero-order valence-corrected chi connectivity index (χ0v) is 12.1. The number of likely N-dealkylation sites (N-methyl/N-ethyl adjacent to an activating group) is 1. The molecule has 2 nitrogen and oxygen atoms in total. The van der Waals surface area contributed by atoms with Crippen LogP contribution in [0.15, 0.2) is 48.5 Å². The maximum atomic E-state index is 14.0. The molecule has 0 spiro atoms. The van der Waals surface area contributed by atoms with Gasteiger partial charge in [0, 0.05) is 18.1 Å². The predicted octanol–water partition coefficient (Wildman–Crippen LogP) is 4.01. The lowest BCUT2D eigenvalue weighted by Crippen LogP contribution is -2.34. The van der Waals surface area contributed by atoms with E-state index >= 15 is 0 Å². The van der Waals surface area contributed by atoms with Gasteiger partial charge in [0.2, 0.25) is 0 Å². The summed E-state index contributed by atoms with van der Waals surface area (Å²) in [4.78, 5) is 1.94. The van der Waals surface area contributed by atoms with Crippen LogP contribution in [-0.4, -0.2) is 13.1 Å². The molecule has 1 atom stereocenters. The minimum absolute atomic E-state index is 0.148. The standard InChI is InChI=1S/C16H18ClFN2/c1-2-20(15-10-6-5-9-14(15)18)16(11-19)12-7-3-4-8-13(12)17/h3-10,16H,2,11,19H2,1H3. The molecule has 0 fully saturated rings. The summed E-state index contributed by atoms with van der Waals surface area (Å²) in [6, 6.07) is 14.1. The zero-order chi connectivity index (χ0) is 14.5. The number of rotatable bonds is 5. The third-order valence-corrected chi connectivity index (χ3v) is 3.71. The summed E-state index contributed by atoms with van der Waals surface area (Å²) in [5.74, 6) is -0.250. The summed E-state index contributed by atoms with van der Waals surface area (Å²) in [5.41, 5.74) is 7.38. The van der Waals surface area contributed by atoms with Crippen molar-refractivity contribution in [3.8, 4) is 0 Å². The molecular weight excluding hydrogens is 275 g/mol. The van der Waals surface area contributed by atoms with Crippen LogP contribution in [0.2, 0.25) is 5.02 Å². The predicted molar refractivity (Wildman–Crippen MR) is 82.7 cm³/mol. The van der Waals surface area contributed by atoms with Crippen molar-refractivity contribution in [2.75, 3.05) is 18.0 Å². The van der Waals surface area contributed by atoms with Crippen molar-refractivity contribution in [2.45, 2.75) is 13.0 Å². The lowest BCUT2D eigenvalue weighted by atomic mass is 10.0. The number of hydrogen-bond donors (Lipinski definition) is 1. The highest BCUT2D eigenvalue weighted by atomic mass is 35.5. The molecule has 0 aliphatic rings. The zero-order valence-electron chi connectivity index (χ0n) is 11.4. The molecule has 2 rings (SSSR count). The third kappa shape index (κ3) is 2.94. The number of hydrogen-bond acceptors (Lipinski definition) is 2. The second kappa shape index (κ2) is 6.73. The van der Waals surface area contributed by atoms with Crippen LogP contribution in [0.5, 0.6) is 0 Å². The van der Waals surface area contributed by atoms with E-state index in [1.165, 1.54) is 6.07 Å². The van der Waals surface area contributed by atoms with Crippen LogP contribution in [0.4, 0.5) is 10.1 Å². The summed E-state index contributed by atoms with van der Waals surface area (Å²) < 4.78 is 14.0. The molecule has 2 aromatic carbocycles. The lowest BCUT2D eigenvalue weighted by Gasteiger charge is -2.33. The Morgan fingerprint density at radius 1 is 1.15 bits per heavy atom. The Balaban J connectivity index is 2.44. The molecule has 0 bridgehead atoms. The highest BCUT2D eigenvalue weighted by molar-refractivity contribution is 6.31. The van der Waals surface area contributed by atoms with Crippen LogP contribution in [0, 0.1) is 5.82 Å². The van der Waals surface area contributed by atoms with E-state index in [1.807, 2.05) is 42.2 Å². The van der Waals surface area contributed by atoms with Gasteiger partial charge >= 0.3 is 0 Å². The number of nitrogens with zero attached hydrogens (tertiary/aromatic N) is 1. The molecule has 2 aromatic rings. The largest absolute Gasteiger partial charge is 0.361 e. The fourth-order valence-electron chi connectivity index (χ4n) is 2.41. The quantitative estimate of drug-likeness (QED) is 0.902. The van der Waals surface area contributed by atoms with Crippen molar-refractivity contribution in [3.63, 3.8) is 0 Å². The van der Waals surface area contributed by atoms with Gasteiger partial charge in [-0.15, -0.1) is 0 Å². The average molecular weight is 293 g/mol. The normalized spacial score (nSPS) is 12.2. The minimum atomic E-state index is -0.250. The van der Waals surface area contributed by atoms with Crippen LogP contribution in [-0.2, 0) is 0 Å². The van der Waals surface area contributed by atoms with Gasteiger partial charge in [-0.3, -0.25) is 0 Å².